The highest BCUT2D eigenvalue weighted by Crippen LogP contribution is 2.65. The van der Waals surface area contributed by atoms with Crippen molar-refractivity contribution in [2.75, 3.05) is 9.80 Å². The molecule has 4 nitrogen and oxygen atoms in total. The average molecular weight is 933 g/mol. The van der Waals surface area contributed by atoms with Gasteiger partial charge >= 0.3 is 0 Å². The minimum Gasteiger partial charge on any atom is -0.456 e. The molecule has 0 N–H and O–H groups in total. The lowest BCUT2D eigenvalue weighted by atomic mass is 9.69. The van der Waals surface area contributed by atoms with E-state index in [0.29, 0.717) is 0 Å². The smallest absolute Gasteiger partial charge is 0.135 e. The summed E-state index contributed by atoms with van der Waals surface area (Å²) in [5.41, 5.74) is 19.6. The van der Waals surface area contributed by atoms with Crippen molar-refractivity contribution in [3.05, 3.63) is 277 Å². The van der Waals surface area contributed by atoms with Crippen LogP contribution in [-0.4, -0.2) is 0 Å². The normalized spacial score (nSPS) is 12.9. The van der Waals surface area contributed by atoms with Crippen LogP contribution < -0.4 is 9.80 Å². The van der Waals surface area contributed by atoms with Gasteiger partial charge in [-0.25, -0.2) is 0 Å². The van der Waals surface area contributed by atoms with E-state index in [1.54, 1.807) is 6.08 Å². The van der Waals surface area contributed by atoms with E-state index in [4.69, 9.17) is 8.83 Å². The van der Waals surface area contributed by atoms with E-state index in [1.165, 1.54) is 66.1 Å². The largest absolute Gasteiger partial charge is 0.456 e. The first-order chi connectivity index (χ1) is 36.1. The summed E-state index contributed by atoms with van der Waals surface area (Å²) in [4.78, 5) is 4.70. The van der Waals surface area contributed by atoms with Gasteiger partial charge in [0.2, 0.25) is 0 Å². The Balaban J connectivity index is 0.941. The lowest BCUT2D eigenvalue weighted by molar-refractivity contribution is 0.603. The van der Waals surface area contributed by atoms with Crippen molar-refractivity contribution in [2.45, 2.75) is 5.41 Å². The summed E-state index contributed by atoms with van der Waals surface area (Å²) in [6.07, 6.45) is 3.61. The Bertz CT molecular complexity index is 4400. The van der Waals surface area contributed by atoms with Gasteiger partial charge in [-0.3, -0.25) is 0 Å². The Morgan fingerprint density at radius 2 is 0.877 bits per heavy atom. The third kappa shape index (κ3) is 5.89. The molecule has 0 aliphatic heterocycles. The van der Waals surface area contributed by atoms with Crippen molar-refractivity contribution in [3.8, 4) is 22.3 Å². The number of benzene rings is 11. The first kappa shape index (κ1) is 41.2. The second-order valence-corrected chi connectivity index (χ2v) is 19.3. The molecule has 4 heteroatoms. The fourth-order valence-electron chi connectivity index (χ4n) is 12.5. The van der Waals surface area contributed by atoms with Gasteiger partial charge in [-0.2, -0.15) is 0 Å². The van der Waals surface area contributed by atoms with Gasteiger partial charge in [0.15, 0.2) is 0 Å². The molecule has 0 saturated heterocycles. The van der Waals surface area contributed by atoms with Gasteiger partial charge in [0.05, 0.1) is 5.41 Å². The number of hydrogen-bond donors (Lipinski definition) is 0. The molecule has 1 spiro atoms. The van der Waals surface area contributed by atoms with Gasteiger partial charge in [0.1, 0.15) is 22.5 Å². The molecule has 11 aromatic carbocycles. The lowest BCUT2D eigenvalue weighted by Crippen LogP contribution is -2.26. The van der Waals surface area contributed by atoms with Gasteiger partial charge in [-0.15, -0.1) is 0 Å². The van der Waals surface area contributed by atoms with Crippen LogP contribution in [0.2, 0.25) is 0 Å². The van der Waals surface area contributed by atoms with Crippen LogP contribution in [0.5, 0.6) is 0 Å². The Labute approximate surface area is 422 Å². The number of rotatable bonds is 8. The average Bonchev–Trinajstić information content (AvgIpc) is 4.18. The van der Waals surface area contributed by atoms with Gasteiger partial charge in [-0.05, 0) is 175 Å². The molecule has 0 radical (unpaired) electrons. The minimum atomic E-state index is -0.578. The van der Waals surface area contributed by atoms with Crippen LogP contribution in [0.4, 0.5) is 34.1 Å². The molecule has 2 heterocycles. The van der Waals surface area contributed by atoms with E-state index >= 15 is 0 Å². The number of nitrogens with zero attached hydrogens (tertiary/aromatic N) is 2. The van der Waals surface area contributed by atoms with Gasteiger partial charge in [-0.1, -0.05) is 147 Å². The van der Waals surface area contributed by atoms with Crippen molar-refractivity contribution in [2.24, 2.45) is 0 Å². The first-order valence-corrected chi connectivity index (χ1v) is 24.9. The van der Waals surface area contributed by atoms with E-state index in [1.807, 2.05) is 18.2 Å². The Morgan fingerprint density at radius 1 is 0.329 bits per heavy atom. The summed E-state index contributed by atoms with van der Waals surface area (Å²) in [6, 6.07) is 84.3. The molecule has 0 fully saturated rings. The molecule has 0 saturated carbocycles. The highest BCUT2D eigenvalue weighted by atomic mass is 16.3. The minimum absolute atomic E-state index is 0.578. The molecule has 0 amide bonds. The second-order valence-electron chi connectivity index (χ2n) is 19.3. The Morgan fingerprint density at radius 3 is 1.56 bits per heavy atom. The summed E-state index contributed by atoms with van der Waals surface area (Å²) in [5, 5.41) is 7.98. The van der Waals surface area contributed by atoms with Crippen molar-refractivity contribution in [1.82, 2.24) is 0 Å². The molecule has 15 rings (SSSR count). The Hall–Kier alpha value is -9.64. The number of fused-ring (bicyclic) bond motifs is 17. The molecule has 0 unspecified atom stereocenters. The zero-order valence-electron chi connectivity index (χ0n) is 39.7. The van der Waals surface area contributed by atoms with Gasteiger partial charge < -0.3 is 18.6 Å². The van der Waals surface area contributed by atoms with Crippen LogP contribution >= 0.6 is 0 Å². The predicted molar refractivity (Wildman–Crippen MR) is 304 cm³/mol. The summed E-state index contributed by atoms with van der Waals surface area (Å²) < 4.78 is 12.5. The zero-order chi connectivity index (χ0) is 48.4. The highest BCUT2D eigenvalue weighted by Gasteiger charge is 2.52. The summed E-state index contributed by atoms with van der Waals surface area (Å²) in [5.74, 6) is 0.720. The Kier molecular flexibility index (Phi) is 8.84. The van der Waals surface area contributed by atoms with Gasteiger partial charge in [0.25, 0.3) is 0 Å². The number of furan rings is 2. The zero-order valence-corrected chi connectivity index (χ0v) is 39.7. The number of hydrogen-bond acceptors (Lipinski definition) is 4. The number of para-hydroxylation sites is 3. The third-order valence-electron chi connectivity index (χ3n) is 15.5. The van der Waals surface area contributed by atoms with E-state index in [9.17, 15) is 0 Å². The molecule has 0 bridgehead atoms. The van der Waals surface area contributed by atoms with E-state index in [2.05, 4.69) is 241 Å². The first-order valence-electron chi connectivity index (χ1n) is 24.9. The van der Waals surface area contributed by atoms with Gasteiger partial charge in [0, 0.05) is 55.8 Å². The maximum Gasteiger partial charge on any atom is 0.135 e. The van der Waals surface area contributed by atoms with Crippen LogP contribution in [0.1, 0.15) is 33.6 Å². The fourth-order valence-corrected chi connectivity index (χ4v) is 12.5. The van der Waals surface area contributed by atoms with E-state index in [-0.39, 0.29) is 0 Å². The predicted octanol–water partition coefficient (Wildman–Crippen LogP) is 19.2. The molecule has 13 aromatic rings. The van der Waals surface area contributed by atoms with Crippen LogP contribution in [-0.2, 0) is 5.41 Å². The van der Waals surface area contributed by atoms with Crippen molar-refractivity contribution < 1.29 is 8.83 Å². The quantitative estimate of drug-likeness (QED) is 0.152. The topological polar surface area (TPSA) is 32.8 Å². The fraction of sp³-hybridized carbons (Fsp3) is 0.0145. The molecule has 2 aliphatic rings. The highest BCUT2D eigenvalue weighted by molar-refractivity contribution is 6.09. The van der Waals surface area contributed by atoms with Crippen LogP contribution in [0, 0.1) is 0 Å². The molecule has 73 heavy (non-hydrogen) atoms. The standard InChI is InChI=1S/C69H44N2O2/c1-3-52-59-41-50(31-35-66(59)72-64(52)4-2)71(47-19-9-6-10-20-47)49-30-34-53-44(37-49)28-33-57-58-39-43-27-29-48(70(46-17-7-5-8-18-46)51-32-36-67-60(42-51)56-23-13-16-26-65(56)73-67)38-45(43)40-63(58)69(68(53)57)61-24-14-11-21-54(61)55-22-12-15-25-62(55)69/h3-42H,1-2H2. The van der Waals surface area contributed by atoms with Crippen molar-refractivity contribution >= 4 is 101 Å². The van der Waals surface area contributed by atoms with Crippen LogP contribution in [0.3, 0.4) is 0 Å². The molecule has 342 valence electrons. The summed E-state index contributed by atoms with van der Waals surface area (Å²) in [6.45, 7) is 8.13. The molecule has 0 atom stereocenters. The molecule has 2 aromatic heterocycles. The van der Waals surface area contributed by atoms with Crippen molar-refractivity contribution in [1.29, 1.82) is 0 Å². The second kappa shape index (κ2) is 15.7. The van der Waals surface area contributed by atoms with Crippen LogP contribution in [0.15, 0.2) is 253 Å². The summed E-state index contributed by atoms with van der Waals surface area (Å²) in [7, 11) is 0. The molecular formula is C69H44N2O2. The van der Waals surface area contributed by atoms with E-state index in [0.717, 1.165) is 78.4 Å². The van der Waals surface area contributed by atoms with Crippen molar-refractivity contribution in [3.63, 3.8) is 0 Å². The number of anilines is 6. The van der Waals surface area contributed by atoms with Crippen LogP contribution in [0.25, 0.3) is 88.9 Å². The van der Waals surface area contributed by atoms with E-state index < -0.39 is 5.41 Å². The summed E-state index contributed by atoms with van der Waals surface area (Å²) >= 11 is 0. The molecule has 2 aliphatic carbocycles. The third-order valence-corrected chi connectivity index (χ3v) is 15.5. The maximum atomic E-state index is 6.30. The lowest BCUT2D eigenvalue weighted by Gasteiger charge is -2.32. The molecular weight excluding hydrogens is 889 g/mol. The SMILES string of the molecule is C=Cc1oc2ccc(N(c3ccccc3)c3ccc4c5c(ccc4c3)-c3cc4ccc(N(c6ccccc6)c6ccc7oc8ccccc8c7c6)cc4cc3C53c4ccccc4-c4ccccc43)cc2c1C=C. The monoisotopic (exact) mass is 932 g/mol. The maximum absolute atomic E-state index is 6.30.